The fourth-order valence-electron chi connectivity index (χ4n) is 1.31. The molecule has 0 saturated heterocycles. The van der Waals surface area contributed by atoms with Crippen molar-refractivity contribution in [1.29, 1.82) is 0 Å². The van der Waals surface area contributed by atoms with Crippen LogP contribution in [-0.2, 0) is 15.3 Å². The first kappa shape index (κ1) is 17.8. The van der Waals surface area contributed by atoms with Crippen LogP contribution in [0.3, 0.4) is 0 Å². The second kappa shape index (κ2) is 9.66. The summed E-state index contributed by atoms with van der Waals surface area (Å²) in [7, 11) is 0. The van der Waals surface area contributed by atoms with Gasteiger partial charge in [0.1, 0.15) is 0 Å². The number of anilines is 1. The molecule has 0 aliphatic carbocycles. The van der Waals surface area contributed by atoms with Crippen LogP contribution in [0.2, 0.25) is 0 Å². The summed E-state index contributed by atoms with van der Waals surface area (Å²) >= 11 is 1.74. The van der Waals surface area contributed by atoms with E-state index in [9.17, 15) is 9.59 Å². The van der Waals surface area contributed by atoms with Gasteiger partial charge in [-0.1, -0.05) is 12.1 Å². The van der Waals surface area contributed by atoms with Crippen LogP contribution in [-0.4, -0.2) is 31.2 Å². The zero-order valence-corrected chi connectivity index (χ0v) is 12.3. The molecule has 0 bridgehead atoms. The van der Waals surface area contributed by atoms with Crippen molar-refractivity contribution >= 4 is 41.7 Å². The number of carbonyl (C=O) groups excluding carboxylic acids is 2. The topological polar surface area (TPSA) is 84.2 Å². The van der Waals surface area contributed by atoms with E-state index in [0.717, 1.165) is 5.75 Å². The maximum atomic E-state index is 11.5. The Labute approximate surface area is 123 Å². The lowest BCUT2D eigenvalue weighted by Gasteiger charge is -2.07. The molecule has 0 saturated carbocycles. The zero-order valence-electron chi connectivity index (χ0n) is 10.6. The van der Waals surface area contributed by atoms with Crippen LogP contribution in [0.4, 0.5) is 5.69 Å². The van der Waals surface area contributed by atoms with Gasteiger partial charge in [0.25, 0.3) is 0 Å². The van der Waals surface area contributed by atoms with E-state index in [-0.39, 0.29) is 37.3 Å². The molecular formula is C12H18ClN3O2S. The number of hydrogen-bond donors (Lipinski definition) is 3. The van der Waals surface area contributed by atoms with E-state index in [2.05, 4.69) is 10.6 Å². The maximum Gasteiger partial charge on any atom is 0.243 e. The minimum atomic E-state index is -0.347. The van der Waals surface area contributed by atoms with Gasteiger partial charge in [-0.2, -0.15) is 11.8 Å². The number of benzene rings is 1. The lowest BCUT2D eigenvalue weighted by atomic mass is 10.2. The molecule has 1 aromatic rings. The van der Waals surface area contributed by atoms with Gasteiger partial charge < -0.3 is 16.4 Å². The van der Waals surface area contributed by atoms with Gasteiger partial charge in [-0.05, 0) is 24.0 Å². The number of halogens is 1. The van der Waals surface area contributed by atoms with Gasteiger partial charge in [0, 0.05) is 11.4 Å². The smallest absolute Gasteiger partial charge is 0.243 e. The predicted octanol–water partition coefficient (Wildman–Crippen LogP) is 0.985. The van der Waals surface area contributed by atoms with Crippen LogP contribution >= 0.6 is 24.2 Å². The van der Waals surface area contributed by atoms with E-state index >= 15 is 0 Å². The molecule has 0 unspecified atom stereocenters. The highest BCUT2D eigenvalue weighted by atomic mass is 35.5. The SMILES string of the molecule is CSCc1ccc(NC(=O)CNC(=O)CN)cc1.Cl. The van der Waals surface area contributed by atoms with Gasteiger partial charge in [-0.25, -0.2) is 0 Å². The van der Waals surface area contributed by atoms with E-state index < -0.39 is 0 Å². The number of thioether (sulfide) groups is 1. The zero-order chi connectivity index (χ0) is 13.4. The molecule has 0 aromatic heterocycles. The molecule has 106 valence electrons. The molecular weight excluding hydrogens is 286 g/mol. The van der Waals surface area contributed by atoms with Gasteiger partial charge in [0.05, 0.1) is 13.1 Å². The fourth-order valence-corrected chi connectivity index (χ4v) is 1.83. The molecule has 1 aromatic carbocycles. The van der Waals surface area contributed by atoms with Crippen LogP contribution in [0, 0.1) is 0 Å². The second-order valence-electron chi connectivity index (χ2n) is 3.66. The first-order valence-corrected chi connectivity index (χ1v) is 6.89. The number of nitrogens with two attached hydrogens (primary N) is 1. The summed E-state index contributed by atoms with van der Waals surface area (Å²) in [6.45, 7) is -0.181. The number of amides is 2. The Morgan fingerprint density at radius 2 is 1.84 bits per heavy atom. The van der Waals surface area contributed by atoms with Crippen LogP contribution < -0.4 is 16.4 Å². The molecule has 0 fully saturated rings. The maximum absolute atomic E-state index is 11.5. The first-order valence-electron chi connectivity index (χ1n) is 5.50. The molecule has 0 aliphatic heterocycles. The molecule has 7 heteroatoms. The van der Waals surface area contributed by atoms with Crippen molar-refractivity contribution in [2.75, 3.05) is 24.7 Å². The highest BCUT2D eigenvalue weighted by Crippen LogP contribution is 2.13. The van der Waals surface area contributed by atoms with Gasteiger partial charge in [0.2, 0.25) is 11.8 Å². The highest BCUT2D eigenvalue weighted by Gasteiger charge is 2.04. The second-order valence-corrected chi connectivity index (χ2v) is 4.52. The van der Waals surface area contributed by atoms with Crippen molar-refractivity contribution in [3.63, 3.8) is 0 Å². The van der Waals surface area contributed by atoms with Crippen molar-refractivity contribution < 1.29 is 9.59 Å². The van der Waals surface area contributed by atoms with Crippen LogP contribution in [0.1, 0.15) is 5.56 Å². The van der Waals surface area contributed by atoms with Crippen LogP contribution in [0.25, 0.3) is 0 Å². The molecule has 4 N–H and O–H groups in total. The molecule has 1 rings (SSSR count). The number of carbonyl (C=O) groups is 2. The quantitative estimate of drug-likeness (QED) is 0.731. The lowest BCUT2D eigenvalue weighted by Crippen LogP contribution is -2.36. The van der Waals surface area contributed by atoms with Crippen LogP contribution in [0.5, 0.6) is 0 Å². The van der Waals surface area contributed by atoms with Crippen molar-refractivity contribution in [1.82, 2.24) is 5.32 Å². The third-order valence-corrected chi connectivity index (χ3v) is 2.80. The first-order chi connectivity index (χ1) is 8.65. The normalized spacial score (nSPS) is 9.37. The highest BCUT2D eigenvalue weighted by molar-refractivity contribution is 7.97. The van der Waals surface area contributed by atoms with Gasteiger partial charge in [0.15, 0.2) is 0 Å². The number of nitrogens with one attached hydrogen (secondary N) is 2. The lowest BCUT2D eigenvalue weighted by molar-refractivity contribution is -0.123. The monoisotopic (exact) mass is 303 g/mol. The molecule has 0 heterocycles. The van der Waals surface area contributed by atoms with Crippen molar-refractivity contribution in [3.8, 4) is 0 Å². The molecule has 19 heavy (non-hydrogen) atoms. The Morgan fingerprint density at radius 3 is 2.37 bits per heavy atom. The molecule has 5 nitrogen and oxygen atoms in total. The minimum absolute atomic E-state index is 0. The standard InChI is InChI=1S/C12H17N3O2S.ClH/c1-18-8-9-2-4-10(5-3-9)15-12(17)7-14-11(16)6-13;/h2-5H,6-8,13H2,1H3,(H,14,16)(H,15,17);1H. The molecule has 0 atom stereocenters. The van der Waals surface area contributed by atoms with Crippen molar-refractivity contribution in [3.05, 3.63) is 29.8 Å². The van der Waals surface area contributed by atoms with E-state index in [1.165, 1.54) is 5.56 Å². The van der Waals surface area contributed by atoms with E-state index in [1.807, 2.05) is 30.5 Å². The Kier molecular flexibility index (Phi) is 9.03. The summed E-state index contributed by atoms with van der Waals surface area (Å²) in [6.07, 6.45) is 2.04. The van der Waals surface area contributed by atoms with Gasteiger partial charge in [-0.3, -0.25) is 9.59 Å². The largest absolute Gasteiger partial charge is 0.346 e. The summed E-state index contributed by atoms with van der Waals surface area (Å²) in [6, 6.07) is 7.61. The molecule has 2 amide bonds. The third kappa shape index (κ3) is 7.05. The molecule has 0 spiro atoms. The third-order valence-electron chi connectivity index (χ3n) is 2.18. The summed E-state index contributed by atoms with van der Waals surface area (Å²) in [5.74, 6) is 0.329. The van der Waals surface area contributed by atoms with Gasteiger partial charge >= 0.3 is 0 Å². The van der Waals surface area contributed by atoms with E-state index in [4.69, 9.17) is 5.73 Å². The Hall–Kier alpha value is -1.24. The van der Waals surface area contributed by atoms with E-state index in [0.29, 0.717) is 5.69 Å². The van der Waals surface area contributed by atoms with E-state index in [1.54, 1.807) is 11.8 Å². The van der Waals surface area contributed by atoms with Crippen LogP contribution in [0.15, 0.2) is 24.3 Å². The van der Waals surface area contributed by atoms with Crippen molar-refractivity contribution in [2.24, 2.45) is 5.73 Å². The molecule has 0 aliphatic rings. The summed E-state index contributed by atoms with van der Waals surface area (Å²) < 4.78 is 0. The van der Waals surface area contributed by atoms with Gasteiger partial charge in [-0.15, -0.1) is 12.4 Å². The predicted molar refractivity (Wildman–Crippen MR) is 81.6 cm³/mol. The molecule has 0 radical (unpaired) electrons. The summed E-state index contributed by atoms with van der Waals surface area (Å²) in [5.41, 5.74) is 7.03. The number of hydrogen-bond acceptors (Lipinski definition) is 4. The number of rotatable bonds is 6. The summed E-state index contributed by atoms with van der Waals surface area (Å²) in [4.78, 5) is 22.3. The summed E-state index contributed by atoms with van der Waals surface area (Å²) in [5, 5.41) is 5.09. The average molecular weight is 304 g/mol. The minimum Gasteiger partial charge on any atom is -0.346 e. The van der Waals surface area contributed by atoms with Crippen molar-refractivity contribution in [2.45, 2.75) is 5.75 Å². The Balaban J connectivity index is 0.00000324. The Morgan fingerprint density at radius 1 is 1.21 bits per heavy atom. The average Bonchev–Trinajstić information content (AvgIpc) is 2.38. The Bertz CT molecular complexity index is 412. The fraction of sp³-hybridized carbons (Fsp3) is 0.333.